The van der Waals surface area contributed by atoms with Crippen molar-refractivity contribution in [2.24, 2.45) is 7.05 Å². The van der Waals surface area contributed by atoms with Gasteiger partial charge in [0.25, 0.3) is 0 Å². The number of hydrogen-bond donors (Lipinski definition) is 3. The van der Waals surface area contributed by atoms with Gasteiger partial charge in [0.05, 0.1) is 6.54 Å². The summed E-state index contributed by atoms with van der Waals surface area (Å²) in [5.74, 6) is 0.00934. The number of aryl methyl sites for hydroxylation is 1. The zero-order valence-electron chi connectivity index (χ0n) is 11.9. The Hall–Kier alpha value is -2.18. The largest absolute Gasteiger partial charge is 0.353 e. The molecule has 1 aliphatic heterocycles. The molecule has 1 amide bonds. The number of nitrogens with zero attached hydrogens (tertiary/aromatic N) is 2. The number of hydrogen-bond acceptors (Lipinski definition) is 4. The number of carbonyl (C=O) groups is 1. The van der Waals surface area contributed by atoms with E-state index in [1.54, 1.807) is 6.20 Å². The van der Waals surface area contributed by atoms with E-state index in [1.807, 2.05) is 48.3 Å². The molecular formula is C15H19N5O. The molecule has 2 unspecified atom stereocenters. The summed E-state index contributed by atoms with van der Waals surface area (Å²) in [6.45, 7) is 0.540. The van der Waals surface area contributed by atoms with E-state index in [1.165, 1.54) is 0 Å². The molecule has 110 valence electrons. The molecule has 0 spiro atoms. The first-order valence-corrected chi connectivity index (χ1v) is 7.03. The predicted octanol–water partition coefficient (Wildman–Crippen LogP) is 0.644. The van der Waals surface area contributed by atoms with Crippen LogP contribution >= 0.6 is 0 Å². The Morgan fingerprint density at radius 3 is 3.05 bits per heavy atom. The summed E-state index contributed by atoms with van der Waals surface area (Å²) < 4.78 is 2.00. The van der Waals surface area contributed by atoms with Gasteiger partial charge in [-0.25, -0.2) is 10.9 Å². The molecule has 0 bridgehead atoms. The standard InChI is InChI=1S/C15H19N5O/c1-20-7-3-5-12(20)10-17-15(21)14-8-13(18-19-14)11-4-2-6-16-9-11/h2-7,9,13-14,18-19H,8,10H2,1H3,(H,17,21). The Labute approximate surface area is 123 Å². The Kier molecular flexibility index (Phi) is 3.98. The summed E-state index contributed by atoms with van der Waals surface area (Å²) in [5, 5.41) is 2.96. The molecule has 1 fully saturated rings. The zero-order valence-corrected chi connectivity index (χ0v) is 11.9. The Bertz CT molecular complexity index is 610. The fourth-order valence-corrected chi connectivity index (χ4v) is 2.51. The number of hydrazine groups is 1. The van der Waals surface area contributed by atoms with Crippen LogP contribution in [0.15, 0.2) is 42.9 Å². The maximum absolute atomic E-state index is 12.2. The summed E-state index contributed by atoms with van der Waals surface area (Å²) in [6.07, 6.45) is 6.25. The number of rotatable bonds is 4. The minimum absolute atomic E-state index is 0.00934. The van der Waals surface area contributed by atoms with E-state index in [-0.39, 0.29) is 18.0 Å². The zero-order chi connectivity index (χ0) is 14.7. The molecule has 2 atom stereocenters. The molecule has 6 heteroatoms. The van der Waals surface area contributed by atoms with E-state index in [9.17, 15) is 4.79 Å². The summed E-state index contributed by atoms with van der Waals surface area (Å²) in [5.41, 5.74) is 8.37. The quantitative estimate of drug-likeness (QED) is 0.771. The van der Waals surface area contributed by atoms with Crippen LogP contribution in [-0.4, -0.2) is 21.5 Å². The van der Waals surface area contributed by atoms with Crippen LogP contribution in [0, 0.1) is 0 Å². The Balaban J connectivity index is 1.54. The normalized spacial score (nSPS) is 21.4. The Morgan fingerprint density at radius 2 is 2.33 bits per heavy atom. The summed E-state index contributed by atoms with van der Waals surface area (Å²) in [4.78, 5) is 16.3. The number of aromatic nitrogens is 2. The lowest BCUT2D eigenvalue weighted by Crippen LogP contribution is -2.43. The molecule has 1 saturated heterocycles. The number of pyridine rings is 1. The van der Waals surface area contributed by atoms with Crippen LogP contribution in [0.1, 0.15) is 23.7 Å². The van der Waals surface area contributed by atoms with Crippen LogP contribution < -0.4 is 16.2 Å². The van der Waals surface area contributed by atoms with Gasteiger partial charge in [-0.1, -0.05) is 6.07 Å². The highest BCUT2D eigenvalue weighted by Crippen LogP contribution is 2.21. The molecule has 3 heterocycles. The van der Waals surface area contributed by atoms with Crippen molar-refractivity contribution < 1.29 is 4.79 Å². The second kappa shape index (κ2) is 6.07. The second-order valence-corrected chi connectivity index (χ2v) is 5.24. The van der Waals surface area contributed by atoms with E-state index in [4.69, 9.17) is 0 Å². The molecule has 0 aliphatic carbocycles. The van der Waals surface area contributed by atoms with Crippen LogP contribution in [0.25, 0.3) is 0 Å². The molecule has 2 aromatic rings. The highest BCUT2D eigenvalue weighted by molar-refractivity contribution is 5.82. The van der Waals surface area contributed by atoms with Gasteiger partial charge >= 0.3 is 0 Å². The molecular weight excluding hydrogens is 266 g/mol. The van der Waals surface area contributed by atoms with E-state index >= 15 is 0 Å². The van der Waals surface area contributed by atoms with E-state index in [2.05, 4.69) is 21.2 Å². The second-order valence-electron chi connectivity index (χ2n) is 5.24. The number of nitrogens with one attached hydrogen (secondary N) is 3. The van der Waals surface area contributed by atoms with Crippen molar-refractivity contribution in [3.8, 4) is 0 Å². The molecule has 3 rings (SSSR count). The minimum Gasteiger partial charge on any atom is -0.353 e. The maximum Gasteiger partial charge on any atom is 0.238 e. The van der Waals surface area contributed by atoms with Crippen LogP contribution in [0.2, 0.25) is 0 Å². The van der Waals surface area contributed by atoms with Crippen molar-refractivity contribution in [2.45, 2.75) is 25.0 Å². The van der Waals surface area contributed by atoms with Crippen molar-refractivity contribution >= 4 is 5.91 Å². The van der Waals surface area contributed by atoms with Gasteiger partial charge < -0.3 is 9.88 Å². The smallest absolute Gasteiger partial charge is 0.238 e. The van der Waals surface area contributed by atoms with Gasteiger partial charge in [-0.3, -0.25) is 9.78 Å². The van der Waals surface area contributed by atoms with Crippen LogP contribution in [0.4, 0.5) is 0 Å². The molecule has 6 nitrogen and oxygen atoms in total. The molecule has 3 N–H and O–H groups in total. The fourth-order valence-electron chi connectivity index (χ4n) is 2.51. The highest BCUT2D eigenvalue weighted by atomic mass is 16.2. The number of amides is 1. The van der Waals surface area contributed by atoms with Crippen LogP contribution in [0.5, 0.6) is 0 Å². The molecule has 0 aromatic carbocycles. The van der Waals surface area contributed by atoms with Crippen LogP contribution in [-0.2, 0) is 18.4 Å². The third-order valence-corrected chi connectivity index (χ3v) is 3.80. The average molecular weight is 285 g/mol. The van der Waals surface area contributed by atoms with E-state index in [0.29, 0.717) is 13.0 Å². The first-order valence-electron chi connectivity index (χ1n) is 7.03. The highest BCUT2D eigenvalue weighted by Gasteiger charge is 2.29. The first kappa shape index (κ1) is 13.8. The Morgan fingerprint density at radius 1 is 1.43 bits per heavy atom. The summed E-state index contributed by atoms with van der Waals surface area (Å²) in [6, 6.07) is 7.77. The fraction of sp³-hybridized carbons (Fsp3) is 0.333. The van der Waals surface area contributed by atoms with Crippen molar-refractivity contribution in [1.82, 2.24) is 25.7 Å². The molecule has 21 heavy (non-hydrogen) atoms. The third-order valence-electron chi connectivity index (χ3n) is 3.80. The SMILES string of the molecule is Cn1cccc1CNC(=O)C1CC(c2cccnc2)NN1. The molecule has 0 saturated carbocycles. The van der Waals surface area contributed by atoms with E-state index < -0.39 is 0 Å². The van der Waals surface area contributed by atoms with Gasteiger partial charge in [-0.05, 0) is 30.2 Å². The van der Waals surface area contributed by atoms with Crippen molar-refractivity contribution in [2.75, 3.05) is 0 Å². The van der Waals surface area contributed by atoms with Crippen molar-refractivity contribution in [1.29, 1.82) is 0 Å². The predicted molar refractivity (Wildman–Crippen MR) is 78.9 cm³/mol. The van der Waals surface area contributed by atoms with Gasteiger partial charge in [-0.15, -0.1) is 0 Å². The van der Waals surface area contributed by atoms with Gasteiger partial charge in [0.15, 0.2) is 0 Å². The number of carbonyl (C=O) groups excluding carboxylic acids is 1. The minimum atomic E-state index is -0.226. The van der Waals surface area contributed by atoms with E-state index in [0.717, 1.165) is 11.3 Å². The van der Waals surface area contributed by atoms with Crippen molar-refractivity contribution in [3.63, 3.8) is 0 Å². The van der Waals surface area contributed by atoms with Crippen LogP contribution in [0.3, 0.4) is 0 Å². The summed E-state index contributed by atoms with van der Waals surface area (Å²) >= 11 is 0. The topological polar surface area (TPSA) is 71.0 Å². The monoisotopic (exact) mass is 285 g/mol. The first-order chi connectivity index (χ1) is 10.2. The van der Waals surface area contributed by atoms with Gasteiger partial charge in [0.1, 0.15) is 6.04 Å². The molecule has 2 aromatic heterocycles. The van der Waals surface area contributed by atoms with Crippen molar-refractivity contribution in [3.05, 3.63) is 54.1 Å². The maximum atomic E-state index is 12.2. The van der Waals surface area contributed by atoms with Gasteiger partial charge in [-0.2, -0.15) is 0 Å². The molecule has 0 radical (unpaired) electrons. The summed E-state index contributed by atoms with van der Waals surface area (Å²) in [7, 11) is 1.97. The lowest BCUT2D eigenvalue weighted by atomic mass is 10.0. The third kappa shape index (κ3) is 3.12. The average Bonchev–Trinajstić information content (AvgIpc) is 3.15. The van der Waals surface area contributed by atoms with Gasteiger partial charge in [0.2, 0.25) is 5.91 Å². The molecule has 1 aliphatic rings. The lowest BCUT2D eigenvalue weighted by Gasteiger charge is -2.11. The lowest BCUT2D eigenvalue weighted by molar-refractivity contribution is -0.123. The van der Waals surface area contributed by atoms with Gasteiger partial charge in [0, 0.05) is 37.4 Å².